The smallest absolute Gasteiger partial charge is 0.408 e. The second-order valence-corrected chi connectivity index (χ2v) is 5.52. The van der Waals surface area contributed by atoms with Crippen LogP contribution in [0.25, 0.3) is 11.1 Å². The Morgan fingerprint density at radius 3 is 2.91 bits per heavy atom. The second kappa shape index (κ2) is 6.79. The van der Waals surface area contributed by atoms with Crippen molar-refractivity contribution in [1.82, 2.24) is 9.88 Å². The standard InChI is InChI=1S/C16H20N2O4/c19-15(12-4-3-5-12)17-8-10-21-11-9-18-13-6-1-2-7-14(13)22-16(18)20/h1-2,6-7,12H,3-5,8-11H2,(H,17,19). The van der Waals surface area contributed by atoms with Crippen LogP contribution in [0.2, 0.25) is 0 Å². The number of para-hydroxylation sites is 2. The summed E-state index contributed by atoms with van der Waals surface area (Å²) in [6.45, 7) is 1.80. The van der Waals surface area contributed by atoms with Crippen LogP contribution in [0, 0.1) is 5.92 Å². The van der Waals surface area contributed by atoms with E-state index in [0.29, 0.717) is 31.9 Å². The van der Waals surface area contributed by atoms with Gasteiger partial charge in [0.1, 0.15) is 0 Å². The van der Waals surface area contributed by atoms with Gasteiger partial charge >= 0.3 is 5.76 Å². The molecule has 0 unspecified atom stereocenters. The lowest BCUT2D eigenvalue weighted by Gasteiger charge is -2.23. The lowest BCUT2D eigenvalue weighted by molar-refractivity contribution is -0.127. The molecule has 2 aromatic rings. The summed E-state index contributed by atoms with van der Waals surface area (Å²) in [7, 11) is 0. The van der Waals surface area contributed by atoms with Gasteiger partial charge in [-0.1, -0.05) is 18.6 Å². The number of fused-ring (bicyclic) bond motifs is 1. The molecule has 0 aliphatic heterocycles. The SMILES string of the molecule is O=C(NCCOCCn1c(=O)oc2ccccc21)C1CCC1. The Morgan fingerprint density at radius 1 is 1.32 bits per heavy atom. The first kappa shape index (κ1) is 14.8. The highest BCUT2D eigenvalue weighted by Crippen LogP contribution is 2.25. The summed E-state index contributed by atoms with van der Waals surface area (Å²) in [6.07, 6.45) is 3.16. The Bertz CT molecular complexity index is 699. The third-order valence-electron chi connectivity index (χ3n) is 4.05. The number of carbonyl (C=O) groups excluding carboxylic acids is 1. The molecule has 1 heterocycles. The summed E-state index contributed by atoms with van der Waals surface area (Å²) >= 11 is 0. The maximum atomic E-state index is 11.7. The molecule has 1 saturated carbocycles. The lowest BCUT2D eigenvalue weighted by atomic mass is 9.85. The summed E-state index contributed by atoms with van der Waals surface area (Å²) < 4.78 is 12.2. The zero-order valence-electron chi connectivity index (χ0n) is 12.4. The summed E-state index contributed by atoms with van der Waals surface area (Å²) in [4.78, 5) is 23.4. The van der Waals surface area contributed by atoms with Crippen molar-refractivity contribution >= 4 is 17.0 Å². The van der Waals surface area contributed by atoms with E-state index in [-0.39, 0.29) is 17.6 Å². The van der Waals surface area contributed by atoms with Gasteiger partial charge in [0.15, 0.2) is 5.58 Å². The molecule has 22 heavy (non-hydrogen) atoms. The van der Waals surface area contributed by atoms with Crippen molar-refractivity contribution in [1.29, 1.82) is 0 Å². The molecule has 1 amide bonds. The Labute approximate surface area is 128 Å². The van der Waals surface area contributed by atoms with Crippen molar-refractivity contribution in [2.24, 2.45) is 5.92 Å². The molecule has 1 fully saturated rings. The van der Waals surface area contributed by atoms with E-state index >= 15 is 0 Å². The van der Waals surface area contributed by atoms with Gasteiger partial charge in [0.25, 0.3) is 0 Å². The van der Waals surface area contributed by atoms with Crippen molar-refractivity contribution in [3.8, 4) is 0 Å². The van der Waals surface area contributed by atoms with E-state index in [4.69, 9.17) is 9.15 Å². The van der Waals surface area contributed by atoms with Crippen LogP contribution >= 0.6 is 0 Å². The van der Waals surface area contributed by atoms with Crippen LogP contribution < -0.4 is 11.1 Å². The number of rotatable bonds is 7. The third-order valence-corrected chi connectivity index (χ3v) is 4.05. The van der Waals surface area contributed by atoms with Crippen LogP contribution in [0.4, 0.5) is 0 Å². The summed E-state index contributed by atoms with van der Waals surface area (Å²) in [5.41, 5.74) is 1.36. The van der Waals surface area contributed by atoms with Crippen LogP contribution in [-0.4, -0.2) is 30.2 Å². The van der Waals surface area contributed by atoms with Crippen molar-refractivity contribution in [2.75, 3.05) is 19.8 Å². The number of aromatic nitrogens is 1. The van der Waals surface area contributed by atoms with Crippen molar-refractivity contribution in [3.63, 3.8) is 0 Å². The van der Waals surface area contributed by atoms with E-state index in [2.05, 4.69) is 5.32 Å². The van der Waals surface area contributed by atoms with Crippen LogP contribution in [0.5, 0.6) is 0 Å². The molecule has 0 saturated heterocycles. The predicted molar refractivity (Wildman–Crippen MR) is 81.6 cm³/mol. The number of hydrogen-bond donors (Lipinski definition) is 1. The molecule has 0 radical (unpaired) electrons. The molecule has 6 nitrogen and oxygen atoms in total. The van der Waals surface area contributed by atoms with Gasteiger partial charge in [-0.05, 0) is 25.0 Å². The fraction of sp³-hybridized carbons (Fsp3) is 0.500. The molecule has 1 aromatic heterocycles. The molecule has 3 rings (SSSR count). The van der Waals surface area contributed by atoms with Gasteiger partial charge in [-0.25, -0.2) is 4.79 Å². The molecular formula is C16H20N2O4. The maximum Gasteiger partial charge on any atom is 0.420 e. The molecule has 0 spiro atoms. The number of nitrogens with one attached hydrogen (secondary N) is 1. The molecule has 1 aliphatic carbocycles. The molecular weight excluding hydrogens is 284 g/mol. The molecule has 0 bridgehead atoms. The van der Waals surface area contributed by atoms with Gasteiger partial charge in [-0.15, -0.1) is 0 Å². The highest BCUT2D eigenvalue weighted by molar-refractivity contribution is 5.79. The largest absolute Gasteiger partial charge is 0.420 e. The molecule has 0 atom stereocenters. The Balaban J connectivity index is 1.40. The zero-order valence-corrected chi connectivity index (χ0v) is 12.4. The average Bonchev–Trinajstić information content (AvgIpc) is 2.76. The van der Waals surface area contributed by atoms with Crippen molar-refractivity contribution in [2.45, 2.75) is 25.8 Å². The maximum absolute atomic E-state index is 11.7. The lowest BCUT2D eigenvalue weighted by Crippen LogP contribution is -2.36. The minimum absolute atomic E-state index is 0.131. The second-order valence-electron chi connectivity index (χ2n) is 5.52. The molecule has 118 valence electrons. The van der Waals surface area contributed by atoms with E-state index in [1.807, 2.05) is 18.2 Å². The minimum Gasteiger partial charge on any atom is -0.408 e. The first-order valence-corrected chi connectivity index (χ1v) is 7.69. The number of benzene rings is 1. The van der Waals surface area contributed by atoms with E-state index in [1.165, 1.54) is 0 Å². The van der Waals surface area contributed by atoms with Crippen LogP contribution in [0.3, 0.4) is 0 Å². The van der Waals surface area contributed by atoms with Gasteiger partial charge in [-0.3, -0.25) is 9.36 Å². The molecule has 1 aromatic carbocycles. The Hall–Kier alpha value is -2.08. The number of nitrogens with zero attached hydrogens (tertiary/aromatic N) is 1. The van der Waals surface area contributed by atoms with Crippen LogP contribution in [0.15, 0.2) is 33.5 Å². The summed E-state index contributed by atoms with van der Waals surface area (Å²) in [6, 6.07) is 7.31. The van der Waals surface area contributed by atoms with Gasteiger partial charge < -0.3 is 14.5 Å². The highest BCUT2D eigenvalue weighted by Gasteiger charge is 2.24. The number of ether oxygens (including phenoxy) is 1. The van der Waals surface area contributed by atoms with Gasteiger partial charge in [0.05, 0.1) is 25.3 Å². The van der Waals surface area contributed by atoms with Gasteiger partial charge in [0, 0.05) is 12.5 Å². The van der Waals surface area contributed by atoms with E-state index in [0.717, 1.165) is 24.8 Å². The number of carbonyl (C=O) groups is 1. The summed E-state index contributed by atoms with van der Waals surface area (Å²) in [5.74, 6) is -0.0362. The fourth-order valence-corrected chi connectivity index (χ4v) is 2.54. The average molecular weight is 304 g/mol. The third kappa shape index (κ3) is 3.22. The fourth-order valence-electron chi connectivity index (χ4n) is 2.54. The number of hydrogen-bond acceptors (Lipinski definition) is 4. The van der Waals surface area contributed by atoms with Crippen LogP contribution in [-0.2, 0) is 16.1 Å². The van der Waals surface area contributed by atoms with E-state index in [9.17, 15) is 9.59 Å². The topological polar surface area (TPSA) is 73.5 Å². The van der Waals surface area contributed by atoms with Crippen LogP contribution in [0.1, 0.15) is 19.3 Å². The first-order chi connectivity index (χ1) is 10.8. The van der Waals surface area contributed by atoms with E-state index in [1.54, 1.807) is 10.6 Å². The summed E-state index contributed by atoms with van der Waals surface area (Å²) in [5, 5.41) is 2.87. The first-order valence-electron chi connectivity index (χ1n) is 7.69. The molecule has 1 aliphatic rings. The quantitative estimate of drug-likeness (QED) is 0.787. The Morgan fingerprint density at radius 2 is 2.14 bits per heavy atom. The monoisotopic (exact) mass is 304 g/mol. The van der Waals surface area contributed by atoms with Gasteiger partial charge in [-0.2, -0.15) is 0 Å². The predicted octanol–water partition coefficient (Wildman–Crippen LogP) is 1.53. The van der Waals surface area contributed by atoms with E-state index < -0.39 is 0 Å². The normalized spacial score (nSPS) is 14.9. The molecule has 1 N–H and O–H groups in total. The highest BCUT2D eigenvalue weighted by atomic mass is 16.5. The minimum atomic E-state index is -0.372. The Kier molecular flexibility index (Phi) is 4.58. The zero-order chi connectivity index (χ0) is 15.4. The van der Waals surface area contributed by atoms with Crippen molar-refractivity contribution in [3.05, 3.63) is 34.8 Å². The van der Waals surface area contributed by atoms with Crippen molar-refractivity contribution < 1.29 is 13.9 Å². The number of oxazole rings is 1. The number of amides is 1. The molecule has 6 heteroatoms. The van der Waals surface area contributed by atoms with Gasteiger partial charge in [0.2, 0.25) is 5.91 Å².